The maximum atomic E-state index is 12.3. The molecule has 8 heteroatoms. The summed E-state index contributed by atoms with van der Waals surface area (Å²) in [5.41, 5.74) is -0.312. The van der Waals surface area contributed by atoms with E-state index in [1.54, 1.807) is 26.8 Å². The number of thiophene rings is 1. The molecule has 0 aliphatic carbocycles. The summed E-state index contributed by atoms with van der Waals surface area (Å²) in [6.45, 7) is 8.20. The zero-order valence-electron chi connectivity index (χ0n) is 16.0. The molecule has 0 saturated heterocycles. The summed E-state index contributed by atoms with van der Waals surface area (Å²) in [5, 5.41) is 4.59. The summed E-state index contributed by atoms with van der Waals surface area (Å²) >= 11 is 1.50. The van der Waals surface area contributed by atoms with Crippen molar-refractivity contribution < 1.29 is 14.3 Å². The van der Waals surface area contributed by atoms with Gasteiger partial charge in [0.25, 0.3) is 11.5 Å². The molecule has 0 unspecified atom stereocenters. The van der Waals surface area contributed by atoms with E-state index in [4.69, 9.17) is 4.74 Å². The number of aromatic amines is 1. The van der Waals surface area contributed by atoms with E-state index in [9.17, 15) is 14.4 Å². The average Bonchev–Trinajstić information content (AvgIpc) is 3.11. The second-order valence-corrected chi connectivity index (χ2v) is 7.86. The normalized spacial score (nSPS) is 11.1. The van der Waals surface area contributed by atoms with Gasteiger partial charge in [0.2, 0.25) is 0 Å². The summed E-state index contributed by atoms with van der Waals surface area (Å²) in [6, 6.07) is 7.00. The molecule has 7 nitrogen and oxygen atoms in total. The number of ether oxygens (including phenoxy) is 1. The van der Waals surface area contributed by atoms with Gasteiger partial charge in [-0.1, -0.05) is 6.07 Å². The molecule has 2 rings (SSSR count). The first-order valence-electron chi connectivity index (χ1n) is 8.74. The fraction of sp³-hybridized carbons (Fsp3) is 0.421. The first-order chi connectivity index (χ1) is 12.7. The van der Waals surface area contributed by atoms with E-state index in [2.05, 4.69) is 10.3 Å². The Hall–Kier alpha value is -2.61. The van der Waals surface area contributed by atoms with Crippen molar-refractivity contribution in [2.45, 2.75) is 33.3 Å². The van der Waals surface area contributed by atoms with Crippen molar-refractivity contribution in [3.8, 4) is 10.6 Å². The summed E-state index contributed by atoms with van der Waals surface area (Å²) in [7, 11) is 0. The summed E-state index contributed by atoms with van der Waals surface area (Å²) in [5.74, 6) is -0.478. The lowest BCUT2D eigenvalue weighted by molar-refractivity contribution is 0.0261. The van der Waals surface area contributed by atoms with Crippen LogP contribution < -0.4 is 10.9 Å². The van der Waals surface area contributed by atoms with E-state index < -0.39 is 23.2 Å². The highest BCUT2D eigenvalue weighted by Crippen LogP contribution is 2.21. The Morgan fingerprint density at radius 2 is 2.00 bits per heavy atom. The fourth-order valence-corrected chi connectivity index (χ4v) is 3.04. The van der Waals surface area contributed by atoms with E-state index in [0.717, 1.165) is 4.88 Å². The Morgan fingerprint density at radius 1 is 1.26 bits per heavy atom. The second kappa shape index (κ2) is 8.85. The Morgan fingerprint density at radius 3 is 2.56 bits per heavy atom. The highest BCUT2D eigenvalue weighted by atomic mass is 32.1. The van der Waals surface area contributed by atoms with Crippen LogP contribution in [0.2, 0.25) is 0 Å². The number of nitrogens with one attached hydrogen (secondary N) is 2. The lowest BCUT2D eigenvalue weighted by atomic mass is 10.2. The van der Waals surface area contributed by atoms with Crippen LogP contribution in [0, 0.1) is 0 Å². The standard InChI is InChI=1S/C19H25N3O4S/c1-5-22(18(25)26-19(2,3)4)11-10-20-16(23)13-8-9-14(21-17(13)24)15-7-6-12-27-15/h6-9,12H,5,10-11H2,1-4H3,(H,20,23)(H,21,24). The van der Waals surface area contributed by atoms with E-state index in [1.807, 2.05) is 24.4 Å². The molecule has 2 aromatic rings. The Balaban J connectivity index is 1.93. The summed E-state index contributed by atoms with van der Waals surface area (Å²) in [6.07, 6.45) is -0.433. The van der Waals surface area contributed by atoms with Crippen LogP contribution in [0.4, 0.5) is 4.79 Å². The van der Waals surface area contributed by atoms with Crippen molar-refractivity contribution in [3.05, 3.63) is 45.6 Å². The van der Waals surface area contributed by atoms with Gasteiger partial charge in [-0.15, -0.1) is 11.3 Å². The second-order valence-electron chi connectivity index (χ2n) is 6.91. The number of likely N-dealkylation sites (N-methyl/N-ethyl adjacent to an activating group) is 1. The van der Waals surface area contributed by atoms with E-state index in [0.29, 0.717) is 18.8 Å². The largest absolute Gasteiger partial charge is 0.444 e. The molecule has 0 spiro atoms. The van der Waals surface area contributed by atoms with Crippen molar-refractivity contribution in [2.24, 2.45) is 0 Å². The number of aromatic nitrogens is 1. The van der Waals surface area contributed by atoms with Gasteiger partial charge < -0.3 is 19.9 Å². The van der Waals surface area contributed by atoms with Gasteiger partial charge in [0.1, 0.15) is 11.2 Å². The van der Waals surface area contributed by atoms with Crippen molar-refractivity contribution in [2.75, 3.05) is 19.6 Å². The van der Waals surface area contributed by atoms with Gasteiger partial charge in [0.05, 0.1) is 10.6 Å². The molecule has 0 bridgehead atoms. The molecule has 0 saturated carbocycles. The van der Waals surface area contributed by atoms with Crippen LogP contribution in [0.5, 0.6) is 0 Å². The SMILES string of the molecule is CCN(CCNC(=O)c1ccc(-c2cccs2)[nH]c1=O)C(=O)OC(C)(C)C. The topological polar surface area (TPSA) is 91.5 Å². The van der Waals surface area contributed by atoms with Crippen molar-refractivity contribution in [1.82, 2.24) is 15.2 Å². The minimum Gasteiger partial charge on any atom is -0.444 e. The smallest absolute Gasteiger partial charge is 0.410 e. The van der Waals surface area contributed by atoms with Crippen molar-refractivity contribution >= 4 is 23.3 Å². The van der Waals surface area contributed by atoms with Gasteiger partial charge in [-0.2, -0.15) is 0 Å². The van der Waals surface area contributed by atoms with Crippen LogP contribution >= 0.6 is 11.3 Å². The van der Waals surface area contributed by atoms with E-state index >= 15 is 0 Å². The van der Waals surface area contributed by atoms with E-state index in [-0.39, 0.29) is 12.1 Å². The molecule has 0 aliphatic rings. The van der Waals surface area contributed by atoms with Gasteiger partial charge >= 0.3 is 6.09 Å². The van der Waals surface area contributed by atoms with Crippen LogP contribution in [0.25, 0.3) is 10.6 Å². The fourth-order valence-electron chi connectivity index (χ4n) is 2.33. The number of hydrogen-bond acceptors (Lipinski definition) is 5. The third-order valence-electron chi connectivity index (χ3n) is 3.64. The first kappa shape index (κ1) is 20.7. The summed E-state index contributed by atoms with van der Waals surface area (Å²) < 4.78 is 5.32. The molecule has 0 radical (unpaired) electrons. The van der Waals surface area contributed by atoms with Gasteiger partial charge in [0.15, 0.2) is 0 Å². The molecule has 2 amide bonds. The Kier molecular flexibility index (Phi) is 6.79. The highest BCUT2D eigenvalue weighted by Gasteiger charge is 2.21. The zero-order valence-corrected chi connectivity index (χ0v) is 16.8. The monoisotopic (exact) mass is 391 g/mol. The summed E-state index contributed by atoms with van der Waals surface area (Å²) in [4.78, 5) is 41.7. The molecule has 0 aliphatic heterocycles. The van der Waals surface area contributed by atoms with Crippen molar-refractivity contribution in [3.63, 3.8) is 0 Å². The number of rotatable bonds is 6. The molecule has 27 heavy (non-hydrogen) atoms. The number of nitrogens with zero attached hydrogens (tertiary/aromatic N) is 1. The number of pyridine rings is 1. The molecule has 2 aromatic heterocycles. The van der Waals surface area contributed by atoms with Crippen LogP contribution in [-0.2, 0) is 4.74 Å². The Bertz CT molecular complexity index is 837. The van der Waals surface area contributed by atoms with Crippen LogP contribution in [-0.4, -0.2) is 47.1 Å². The van der Waals surface area contributed by atoms with Gasteiger partial charge in [-0.25, -0.2) is 4.79 Å². The minimum absolute atomic E-state index is 0.0376. The molecule has 0 atom stereocenters. The highest BCUT2D eigenvalue weighted by molar-refractivity contribution is 7.13. The predicted octanol–water partition coefficient (Wildman–Crippen LogP) is 3.09. The molecule has 2 N–H and O–H groups in total. The molecule has 0 aromatic carbocycles. The van der Waals surface area contributed by atoms with Crippen molar-refractivity contribution in [1.29, 1.82) is 0 Å². The molecule has 0 fully saturated rings. The lowest BCUT2D eigenvalue weighted by Crippen LogP contribution is -2.41. The molecular weight excluding hydrogens is 366 g/mol. The number of hydrogen-bond donors (Lipinski definition) is 2. The maximum absolute atomic E-state index is 12.3. The third kappa shape index (κ3) is 5.96. The Labute approximate surface area is 162 Å². The quantitative estimate of drug-likeness (QED) is 0.792. The number of H-pyrrole nitrogens is 1. The van der Waals surface area contributed by atoms with Crippen LogP contribution in [0.15, 0.2) is 34.4 Å². The van der Waals surface area contributed by atoms with Gasteiger partial charge in [-0.05, 0) is 51.3 Å². The maximum Gasteiger partial charge on any atom is 0.410 e. The molecule has 146 valence electrons. The van der Waals surface area contributed by atoms with Gasteiger partial charge in [-0.3, -0.25) is 9.59 Å². The number of amides is 2. The molecular formula is C19H25N3O4S. The van der Waals surface area contributed by atoms with Gasteiger partial charge in [0, 0.05) is 19.6 Å². The number of carbonyl (C=O) groups is 2. The number of carbonyl (C=O) groups excluding carboxylic acids is 2. The minimum atomic E-state index is -0.578. The lowest BCUT2D eigenvalue weighted by Gasteiger charge is -2.26. The van der Waals surface area contributed by atoms with Crippen LogP contribution in [0.3, 0.4) is 0 Å². The first-order valence-corrected chi connectivity index (χ1v) is 9.62. The third-order valence-corrected chi connectivity index (χ3v) is 4.54. The zero-order chi connectivity index (χ0) is 20.0. The predicted molar refractivity (Wildman–Crippen MR) is 106 cm³/mol. The van der Waals surface area contributed by atoms with Crippen LogP contribution in [0.1, 0.15) is 38.1 Å². The molecule has 2 heterocycles. The average molecular weight is 391 g/mol. The van der Waals surface area contributed by atoms with E-state index in [1.165, 1.54) is 22.3 Å².